The standard InChI is InChI=1S/C17H15N3O3S/c21-16(11-19-17(22)12-5-2-1-3-6-12)18-10-13-9-14(23-20-13)15-7-4-8-24-15/h1-9H,10-11H2,(H,18,21)(H,19,22). The van der Waals surface area contributed by atoms with Crippen LogP contribution >= 0.6 is 11.3 Å². The van der Waals surface area contributed by atoms with Gasteiger partial charge in [-0.1, -0.05) is 29.4 Å². The molecule has 2 heterocycles. The molecule has 24 heavy (non-hydrogen) atoms. The number of benzene rings is 1. The smallest absolute Gasteiger partial charge is 0.251 e. The van der Waals surface area contributed by atoms with Crippen LogP contribution in [0.15, 0.2) is 58.4 Å². The van der Waals surface area contributed by atoms with Crippen molar-refractivity contribution < 1.29 is 14.1 Å². The molecule has 2 N–H and O–H groups in total. The van der Waals surface area contributed by atoms with E-state index in [1.165, 1.54) is 0 Å². The minimum Gasteiger partial charge on any atom is -0.355 e. The quantitative estimate of drug-likeness (QED) is 0.721. The second-order valence-corrected chi connectivity index (χ2v) is 5.93. The van der Waals surface area contributed by atoms with Gasteiger partial charge in [-0.25, -0.2) is 0 Å². The van der Waals surface area contributed by atoms with Crippen LogP contribution < -0.4 is 10.6 Å². The summed E-state index contributed by atoms with van der Waals surface area (Å²) in [6.07, 6.45) is 0. The molecule has 0 saturated carbocycles. The summed E-state index contributed by atoms with van der Waals surface area (Å²) in [5.41, 5.74) is 1.14. The van der Waals surface area contributed by atoms with Gasteiger partial charge in [0.25, 0.3) is 5.91 Å². The summed E-state index contributed by atoms with van der Waals surface area (Å²) < 4.78 is 5.24. The summed E-state index contributed by atoms with van der Waals surface area (Å²) in [6, 6.07) is 14.4. The fraction of sp³-hybridized carbons (Fsp3) is 0.118. The minimum absolute atomic E-state index is 0.0939. The van der Waals surface area contributed by atoms with Gasteiger partial charge in [0, 0.05) is 11.6 Å². The number of thiophene rings is 1. The van der Waals surface area contributed by atoms with Gasteiger partial charge in [-0.2, -0.15) is 0 Å². The van der Waals surface area contributed by atoms with Gasteiger partial charge in [0.05, 0.1) is 18.0 Å². The first-order valence-corrected chi connectivity index (χ1v) is 8.20. The molecule has 1 aromatic carbocycles. The molecule has 0 saturated heterocycles. The lowest BCUT2D eigenvalue weighted by Gasteiger charge is -2.05. The third-order valence-electron chi connectivity index (χ3n) is 3.24. The Hall–Kier alpha value is -2.93. The topological polar surface area (TPSA) is 84.2 Å². The molecule has 122 valence electrons. The van der Waals surface area contributed by atoms with Crippen molar-refractivity contribution in [2.75, 3.05) is 6.54 Å². The highest BCUT2D eigenvalue weighted by Crippen LogP contribution is 2.24. The number of amides is 2. The molecule has 0 aliphatic heterocycles. The van der Waals surface area contributed by atoms with Crippen molar-refractivity contribution in [2.45, 2.75) is 6.54 Å². The van der Waals surface area contributed by atoms with E-state index < -0.39 is 0 Å². The van der Waals surface area contributed by atoms with Crippen LogP contribution in [0.2, 0.25) is 0 Å². The van der Waals surface area contributed by atoms with Gasteiger partial charge in [-0.3, -0.25) is 9.59 Å². The van der Waals surface area contributed by atoms with E-state index in [0.29, 0.717) is 17.0 Å². The van der Waals surface area contributed by atoms with Crippen LogP contribution in [-0.4, -0.2) is 23.5 Å². The SMILES string of the molecule is O=C(CNC(=O)c1ccccc1)NCc1cc(-c2cccs2)on1. The first-order valence-electron chi connectivity index (χ1n) is 7.32. The van der Waals surface area contributed by atoms with Crippen LogP contribution in [0.5, 0.6) is 0 Å². The molecule has 7 heteroatoms. The summed E-state index contributed by atoms with van der Waals surface area (Å²) >= 11 is 1.55. The Morgan fingerprint density at radius 1 is 1.08 bits per heavy atom. The lowest BCUT2D eigenvalue weighted by molar-refractivity contribution is -0.120. The summed E-state index contributed by atoms with van der Waals surface area (Å²) in [5, 5.41) is 11.1. The maximum absolute atomic E-state index is 11.8. The lowest BCUT2D eigenvalue weighted by atomic mass is 10.2. The van der Waals surface area contributed by atoms with E-state index in [9.17, 15) is 9.59 Å². The van der Waals surface area contributed by atoms with Crippen molar-refractivity contribution in [1.82, 2.24) is 15.8 Å². The van der Waals surface area contributed by atoms with E-state index >= 15 is 0 Å². The van der Waals surface area contributed by atoms with Crippen molar-refractivity contribution in [3.8, 4) is 10.6 Å². The average Bonchev–Trinajstić information content (AvgIpc) is 3.29. The van der Waals surface area contributed by atoms with Gasteiger partial charge in [0.1, 0.15) is 5.69 Å². The summed E-state index contributed by atoms with van der Waals surface area (Å²) in [7, 11) is 0. The van der Waals surface area contributed by atoms with Crippen molar-refractivity contribution in [3.05, 3.63) is 65.2 Å². The first kappa shape index (κ1) is 15.9. The molecule has 6 nitrogen and oxygen atoms in total. The number of hydrogen-bond donors (Lipinski definition) is 2. The first-order chi connectivity index (χ1) is 11.7. The predicted octanol–water partition coefficient (Wildman–Crippen LogP) is 2.45. The Balaban J connectivity index is 1.45. The zero-order chi connectivity index (χ0) is 16.8. The van der Waals surface area contributed by atoms with Crippen LogP contribution in [-0.2, 0) is 11.3 Å². The highest BCUT2D eigenvalue weighted by Gasteiger charge is 2.10. The van der Waals surface area contributed by atoms with E-state index in [1.54, 1.807) is 41.7 Å². The number of rotatable bonds is 6. The Kier molecular flexibility index (Phi) is 5.02. The monoisotopic (exact) mass is 341 g/mol. The third-order valence-corrected chi connectivity index (χ3v) is 4.12. The summed E-state index contributed by atoms with van der Waals surface area (Å²) in [5.74, 6) is 0.0961. The van der Waals surface area contributed by atoms with E-state index in [0.717, 1.165) is 4.88 Å². The van der Waals surface area contributed by atoms with Gasteiger partial charge in [-0.05, 0) is 23.6 Å². The fourth-order valence-electron chi connectivity index (χ4n) is 2.03. The highest BCUT2D eigenvalue weighted by molar-refractivity contribution is 7.13. The summed E-state index contributed by atoms with van der Waals surface area (Å²) in [4.78, 5) is 24.6. The minimum atomic E-state index is -0.292. The number of carbonyl (C=O) groups excluding carboxylic acids is 2. The van der Waals surface area contributed by atoms with Crippen LogP contribution in [0.25, 0.3) is 10.6 Å². The normalized spacial score (nSPS) is 10.3. The molecule has 0 aliphatic carbocycles. The zero-order valence-electron chi connectivity index (χ0n) is 12.7. The largest absolute Gasteiger partial charge is 0.355 e. The van der Waals surface area contributed by atoms with Crippen LogP contribution in [0.4, 0.5) is 0 Å². The average molecular weight is 341 g/mol. The summed E-state index contributed by atoms with van der Waals surface area (Å²) in [6.45, 7) is 0.151. The molecule has 0 spiro atoms. The molecule has 0 radical (unpaired) electrons. The second kappa shape index (κ2) is 7.56. The van der Waals surface area contributed by atoms with E-state index in [4.69, 9.17) is 4.52 Å². The Labute approximate surface area is 142 Å². The molecule has 3 aromatic rings. The van der Waals surface area contributed by atoms with Gasteiger partial charge in [0.2, 0.25) is 5.91 Å². The number of hydrogen-bond acceptors (Lipinski definition) is 5. The predicted molar refractivity (Wildman–Crippen MR) is 90.4 cm³/mol. The molecular weight excluding hydrogens is 326 g/mol. The van der Waals surface area contributed by atoms with Crippen molar-refractivity contribution in [2.24, 2.45) is 0 Å². The molecule has 0 atom stereocenters. The van der Waals surface area contributed by atoms with Crippen molar-refractivity contribution in [3.63, 3.8) is 0 Å². The van der Waals surface area contributed by atoms with Crippen molar-refractivity contribution in [1.29, 1.82) is 0 Å². The number of carbonyl (C=O) groups is 2. The van der Waals surface area contributed by atoms with Crippen LogP contribution in [0, 0.1) is 0 Å². The van der Waals surface area contributed by atoms with Gasteiger partial charge in [0.15, 0.2) is 5.76 Å². The molecule has 0 bridgehead atoms. The third kappa shape index (κ3) is 4.08. The second-order valence-electron chi connectivity index (χ2n) is 4.99. The molecule has 2 amide bonds. The highest BCUT2D eigenvalue weighted by atomic mass is 32.1. The van der Waals surface area contributed by atoms with E-state index in [1.807, 2.05) is 23.6 Å². The van der Waals surface area contributed by atoms with Gasteiger partial charge >= 0.3 is 0 Å². The number of aromatic nitrogens is 1. The Morgan fingerprint density at radius 3 is 2.67 bits per heavy atom. The molecular formula is C17H15N3O3S. The zero-order valence-corrected chi connectivity index (χ0v) is 13.5. The van der Waals surface area contributed by atoms with E-state index in [-0.39, 0.29) is 24.9 Å². The fourth-order valence-corrected chi connectivity index (χ4v) is 2.71. The maximum Gasteiger partial charge on any atom is 0.251 e. The van der Waals surface area contributed by atoms with Crippen molar-refractivity contribution >= 4 is 23.2 Å². The Bertz CT molecular complexity index is 813. The lowest BCUT2D eigenvalue weighted by Crippen LogP contribution is -2.36. The molecule has 2 aromatic heterocycles. The molecule has 0 aliphatic rings. The number of nitrogens with zero attached hydrogens (tertiary/aromatic N) is 1. The van der Waals surface area contributed by atoms with Crippen LogP contribution in [0.1, 0.15) is 16.1 Å². The van der Waals surface area contributed by atoms with Gasteiger partial charge in [-0.15, -0.1) is 11.3 Å². The number of nitrogens with one attached hydrogen (secondary N) is 2. The molecule has 0 unspecified atom stereocenters. The van der Waals surface area contributed by atoms with E-state index in [2.05, 4.69) is 15.8 Å². The van der Waals surface area contributed by atoms with Crippen LogP contribution in [0.3, 0.4) is 0 Å². The Morgan fingerprint density at radius 2 is 1.92 bits per heavy atom. The molecule has 3 rings (SSSR count). The molecule has 0 fully saturated rings. The maximum atomic E-state index is 11.8. The van der Waals surface area contributed by atoms with Gasteiger partial charge < -0.3 is 15.2 Å².